The second kappa shape index (κ2) is 8.66. The number of alkyl halides is 1. The molecule has 0 saturated heterocycles. The van der Waals surface area contributed by atoms with E-state index in [1.807, 2.05) is 12.1 Å². The Morgan fingerprint density at radius 1 is 1.37 bits per heavy atom. The van der Waals surface area contributed by atoms with Gasteiger partial charge in [-0.3, -0.25) is 4.98 Å². The fourth-order valence-electron chi connectivity index (χ4n) is 1.63. The molecule has 19 heavy (non-hydrogen) atoms. The number of aromatic nitrogens is 1. The van der Waals surface area contributed by atoms with Gasteiger partial charge < -0.3 is 0 Å². The Balaban J connectivity index is 2.25. The molecule has 1 unspecified atom stereocenters. The predicted octanol–water partition coefficient (Wildman–Crippen LogP) is 2.35. The fourth-order valence-corrected chi connectivity index (χ4v) is 3.06. The number of hydrogen-bond acceptors (Lipinski definition) is 3. The maximum Gasteiger partial charge on any atom is 0.211 e. The maximum atomic E-state index is 11.8. The Morgan fingerprint density at radius 2 is 2.05 bits per heavy atom. The molecule has 6 heteroatoms. The summed E-state index contributed by atoms with van der Waals surface area (Å²) in [6, 6.07) is 3.68. The molecule has 1 atom stereocenters. The number of nitrogens with zero attached hydrogens (tertiary/aromatic N) is 1. The molecule has 1 rings (SSSR count). The van der Waals surface area contributed by atoms with Gasteiger partial charge in [-0.1, -0.05) is 22.9 Å². The molecule has 0 amide bonds. The average Bonchev–Trinajstić information content (AvgIpc) is 2.42. The molecule has 0 radical (unpaired) electrons. The van der Waals surface area contributed by atoms with E-state index in [2.05, 4.69) is 32.6 Å². The molecule has 0 spiro atoms. The van der Waals surface area contributed by atoms with Crippen LogP contribution in [0.25, 0.3) is 0 Å². The van der Waals surface area contributed by atoms with Crippen molar-refractivity contribution in [2.75, 3.05) is 17.6 Å². The number of rotatable bonds is 9. The summed E-state index contributed by atoms with van der Waals surface area (Å²) in [4.78, 5) is 3.91. The zero-order valence-corrected chi connectivity index (χ0v) is 13.6. The molecular weight excluding hydrogens is 328 g/mol. The molecule has 0 fully saturated rings. The molecule has 0 aliphatic rings. The zero-order chi connectivity index (χ0) is 14.1. The fraction of sp³-hybridized carbons (Fsp3) is 0.615. The monoisotopic (exact) mass is 348 g/mol. The standard InChI is InChI=1S/C13H21BrN2O2S/c1-12(11-14)3-2-7-16-19(17,18)10-6-13-4-8-15-9-5-13/h4-5,8-9,12,16H,2-3,6-7,10-11H2,1H3. The van der Waals surface area contributed by atoms with E-state index >= 15 is 0 Å². The van der Waals surface area contributed by atoms with Gasteiger partial charge in [0.2, 0.25) is 10.0 Å². The van der Waals surface area contributed by atoms with Crippen LogP contribution in [0.15, 0.2) is 24.5 Å². The van der Waals surface area contributed by atoms with E-state index in [-0.39, 0.29) is 5.75 Å². The van der Waals surface area contributed by atoms with Crippen LogP contribution in [0.5, 0.6) is 0 Å². The van der Waals surface area contributed by atoms with Crippen molar-refractivity contribution in [1.29, 1.82) is 0 Å². The highest BCUT2D eigenvalue weighted by atomic mass is 79.9. The van der Waals surface area contributed by atoms with Gasteiger partial charge in [-0.15, -0.1) is 0 Å². The van der Waals surface area contributed by atoms with Crippen molar-refractivity contribution in [3.63, 3.8) is 0 Å². The first kappa shape index (κ1) is 16.6. The Morgan fingerprint density at radius 3 is 2.68 bits per heavy atom. The summed E-state index contributed by atoms with van der Waals surface area (Å²) >= 11 is 3.41. The first-order chi connectivity index (χ1) is 9.03. The van der Waals surface area contributed by atoms with Gasteiger partial charge in [0.05, 0.1) is 5.75 Å². The molecule has 0 saturated carbocycles. The first-order valence-electron chi connectivity index (χ1n) is 6.45. The van der Waals surface area contributed by atoms with Gasteiger partial charge in [0.15, 0.2) is 0 Å². The molecule has 0 bridgehead atoms. The summed E-state index contributed by atoms with van der Waals surface area (Å²) in [5, 5.41) is 0.960. The summed E-state index contributed by atoms with van der Waals surface area (Å²) in [7, 11) is -3.17. The van der Waals surface area contributed by atoms with Crippen molar-refractivity contribution < 1.29 is 8.42 Å². The van der Waals surface area contributed by atoms with E-state index in [1.54, 1.807) is 12.4 Å². The largest absolute Gasteiger partial charge is 0.265 e. The van der Waals surface area contributed by atoms with E-state index in [0.29, 0.717) is 18.9 Å². The van der Waals surface area contributed by atoms with E-state index in [1.165, 1.54) is 0 Å². The van der Waals surface area contributed by atoms with Crippen LogP contribution in [0.4, 0.5) is 0 Å². The molecule has 0 aliphatic heterocycles. The van der Waals surface area contributed by atoms with Gasteiger partial charge in [-0.05, 0) is 42.9 Å². The third kappa shape index (κ3) is 7.64. The van der Waals surface area contributed by atoms with Crippen molar-refractivity contribution in [1.82, 2.24) is 9.71 Å². The minimum absolute atomic E-state index is 0.130. The summed E-state index contributed by atoms with van der Waals surface area (Å²) in [6.07, 6.45) is 5.78. The van der Waals surface area contributed by atoms with Crippen LogP contribution in [0.3, 0.4) is 0 Å². The number of aryl methyl sites for hydroxylation is 1. The zero-order valence-electron chi connectivity index (χ0n) is 11.2. The van der Waals surface area contributed by atoms with Gasteiger partial charge in [0, 0.05) is 24.3 Å². The smallest absolute Gasteiger partial charge is 0.211 e. The van der Waals surface area contributed by atoms with Gasteiger partial charge in [-0.2, -0.15) is 0 Å². The van der Waals surface area contributed by atoms with Crippen molar-refractivity contribution in [3.05, 3.63) is 30.1 Å². The first-order valence-corrected chi connectivity index (χ1v) is 9.23. The molecule has 0 aromatic carbocycles. The maximum absolute atomic E-state index is 11.8. The van der Waals surface area contributed by atoms with Crippen LogP contribution in [0.2, 0.25) is 0 Å². The lowest BCUT2D eigenvalue weighted by molar-refractivity contribution is 0.546. The normalized spacial score (nSPS) is 13.4. The highest BCUT2D eigenvalue weighted by molar-refractivity contribution is 9.09. The van der Waals surface area contributed by atoms with Crippen molar-refractivity contribution in [3.8, 4) is 0 Å². The number of hydrogen-bond donors (Lipinski definition) is 1. The van der Waals surface area contributed by atoms with Gasteiger partial charge >= 0.3 is 0 Å². The van der Waals surface area contributed by atoms with Crippen LogP contribution in [0, 0.1) is 5.92 Å². The number of pyridine rings is 1. The van der Waals surface area contributed by atoms with Crippen LogP contribution >= 0.6 is 15.9 Å². The number of sulfonamides is 1. The highest BCUT2D eigenvalue weighted by Crippen LogP contribution is 2.07. The average molecular weight is 349 g/mol. The SMILES string of the molecule is CC(CBr)CCCNS(=O)(=O)CCc1ccncc1. The van der Waals surface area contributed by atoms with Crippen LogP contribution in [-0.4, -0.2) is 31.0 Å². The Hall–Kier alpha value is -0.460. The van der Waals surface area contributed by atoms with Crippen molar-refractivity contribution in [2.24, 2.45) is 5.92 Å². The lowest BCUT2D eigenvalue weighted by Crippen LogP contribution is -2.28. The van der Waals surface area contributed by atoms with E-state index in [0.717, 1.165) is 23.7 Å². The van der Waals surface area contributed by atoms with Crippen LogP contribution < -0.4 is 4.72 Å². The van der Waals surface area contributed by atoms with E-state index < -0.39 is 10.0 Å². The number of nitrogens with one attached hydrogen (secondary N) is 1. The van der Waals surface area contributed by atoms with Crippen molar-refractivity contribution >= 4 is 26.0 Å². The lowest BCUT2D eigenvalue weighted by atomic mass is 10.1. The molecule has 108 valence electrons. The van der Waals surface area contributed by atoms with Gasteiger partial charge in [0.1, 0.15) is 0 Å². The second-order valence-corrected chi connectivity index (χ2v) is 7.29. The molecule has 1 N–H and O–H groups in total. The molecule has 1 heterocycles. The van der Waals surface area contributed by atoms with Gasteiger partial charge in [-0.25, -0.2) is 13.1 Å². The second-order valence-electron chi connectivity index (χ2n) is 4.72. The lowest BCUT2D eigenvalue weighted by Gasteiger charge is -2.09. The molecule has 4 nitrogen and oxygen atoms in total. The highest BCUT2D eigenvalue weighted by Gasteiger charge is 2.10. The Kier molecular flexibility index (Phi) is 7.56. The topological polar surface area (TPSA) is 59.1 Å². The van der Waals surface area contributed by atoms with Crippen LogP contribution in [0.1, 0.15) is 25.3 Å². The minimum Gasteiger partial charge on any atom is -0.265 e. The third-order valence-corrected chi connectivity index (χ3v) is 5.36. The summed E-state index contributed by atoms with van der Waals surface area (Å²) in [6.45, 7) is 2.67. The Labute approximate surface area is 124 Å². The summed E-state index contributed by atoms with van der Waals surface area (Å²) in [5.41, 5.74) is 0.994. The number of halogens is 1. The van der Waals surface area contributed by atoms with Crippen molar-refractivity contribution in [2.45, 2.75) is 26.2 Å². The molecule has 1 aromatic rings. The predicted molar refractivity (Wildman–Crippen MR) is 81.9 cm³/mol. The molecule has 0 aliphatic carbocycles. The quantitative estimate of drug-likeness (QED) is 0.550. The summed E-state index contributed by atoms with van der Waals surface area (Å²) < 4.78 is 26.2. The van der Waals surface area contributed by atoms with E-state index in [9.17, 15) is 8.42 Å². The summed E-state index contributed by atoms with van der Waals surface area (Å²) in [5.74, 6) is 0.715. The molecular formula is C13H21BrN2O2S. The third-order valence-electron chi connectivity index (χ3n) is 2.87. The molecule has 1 aromatic heterocycles. The van der Waals surface area contributed by atoms with Gasteiger partial charge in [0.25, 0.3) is 0 Å². The van der Waals surface area contributed by atoms with Crippen LogP contribution in [-0.2, 0) is 16.4 Å². The Bertz CT molecular complexity index is 451. The minimum atomic E-state index is -3.17. The van der Waals surface area contributed by atoms with E-state index in [4.69, 9.17) is 0 Å².